The van der Waals surface area contributed by atoms with E-state index < -0.39 is 34.4 Å². The Morgan fingerprint density at radius 1 is 0.962 bits per heavy atom. The molecule has 0 bridgehead atoms. The summed E-state index contributed by atoms with van der Waals surface area (Å²) in [6, 6.07) is 18.4. The molecule has 3 amide bonds. The Balaban J connectivity index is 1.40. The predicted molar refractivity (Wildman–Crippen MR) is 193 cm³/mol. The van der Waals surface area contributed by atoms with Crippen molar-refractivity contribution < 1.29 is 43.0 Å². The van der Waals surface area contributed by atoms with Crippen LogP contribution in [0, 0.1) is 10.1 Å². The first-order chi connectivity index (χ1) is 24.4. The Kier molecular flexibility index (Phi) is 12.3. The molecule has 4 rings (SSSR count). The van der Waals surface area contributed by atoms with Crippen LogP contribution < -0.4 is 24.8 Å². The number of guanidine groups is 1. The van der Waals surface area contributed by atoms with E-state index >= 15 is 0 Å². The summed E-state index contributed by atoms with van der Waals surface area (Å²) in [4.78, 5) is 56.1. The fourth-order valence-electron chi connectivity index (χ4n) is 5.06. The number of ether oxygens (including phenoxy) is 5. The average molecular weight is 720 g/mol. The molecule has 2 N–H and O–H groups in total. The van der Waals surface area contributed by atoms with Crippen molar-refractivity contribution in [2.24, 2.45) is 10.7 Å². The van der Waals surface area contributed by atoms with Crippen molar-refractivity contribution in [3.63, 3.8) is 0 Å². The van der Waals surface area contributed by atoms with Gasteiger partial charge in [-0.2, -0.15) is 0 Å². The number of benzene rings is 3. The molecule has 3 aromatic carbocycles. The van der Waals surface area contributed by atoms with Gasteiger partial charge in [0.05, 0.1) is 30.9 Å². The molecule has 15 heteroatoms. The maximum atomic E-state index is 13.7. The van der Waals surface area contributed by atoms with E-state index in [1.807, 2.05) is 12.1 Å². The number of nitro benzene ring substituents is 1. The summed E-state index contributed by atoms with van der Waals surface area (Å²) in [5.41, 5.74) is 6.33. The first kappa shape index (κ1) is 38.9. The van der Waals surface area contributed by atoms with Crippen LogP contribution in [0.15, 0.2) is 71.7 Å². The number of hydrogen-bond acceptors (Lipinski definition) is 10. The number of methoxy groups -OCH3 is 1. The number of nitrogens with two attached hydrogens (primary N) is 1. The molecule has 0 saturated heterocycles. The summed E-state index contributed by atoms with van der Waals surface area (Å²) >= 11 is 0. The molecule has 1 unspecified atom stereocenters. The normalized spacial score (nSPS) is 14.5. The standard InChI is InChI=1S/C37H45N5O10/c1-36(2,3)51-34(44)39-33(38)40(35(45)52-37(4,5)6)19-17-24-11-13-27(14-12-24)49-20-18-30-32(43)41(23-25-9-8-10-26(21-25)42(46)47)29-16-15-28(48-7)22-31(29)50-30/h8-16,21-22,30H,17-20,23H2,1-7H3,(H2,38,39,44). The Hall–Kier alpha value is -5.86. The Labute approximate surface area is 302 Å². The maximum Gasteiger partial charge on any atom is 0.437 e. The van der Waals surface area contributed by atoms with Gasteiger partial charge in [0.15, 0.2) is 6.10 Å². The molecular weight excluding hydrogens is 674 g/mol. The van der Waals surface area contributed by atoms with Gasteiger partial charge in [0.1, 0.15) is 28.5 Å². The quantitative estimate of drug-likeness (QED) is 0.100. The van der Waals surface area contributed by atoms with Crippen LogP contribution in [0.2, 0.25) is 0 Å². The fourth-order valence-corrected chi connectivity index (χ4v) is 5.06. The number of anilines is 1. The van der Waals surface area contributed by atoms with Crippen LogP contribution in [0.25, 0.3) is 0 Å². The molecule has 0 aromatic heterocycles. The van der Waals surface area contributed by atoms with E-state index in [-0.39, 0.29) is 43.7 Å². The lowest BCUT2D eigenvalue weighted by Gasteiger charge is -2.34. The molecule has 52 heavy (non-hydrogen) atoms. The predicted octanol–water partition coefficient (Wildman–Crippen LogP) is 6.40. The monoisotopic (exact) mass is 719 g/mol. The molecule has 0 saturated carbocycles. The summed E-state index contributed by atoms with van der Waals surface area (Å²) < 4.78 is 28.1. The molecule has 278 valence electrons. The maximum absolute atomic E-state index is 13.7. The van der Waals surface area contributed by atoms with Gasteiger partial charge in [-0.3, -0.25) is 14.9 Å². The molecule has 1 heterocycles. The smallest absolute Gasteiger partial charge is 0.437 e. The number of aliphatic imine (C=N–C) groups is 1. The number of nitro groups is 1. The van der Waals surface area contributed by atoms with Crippen LogP contribution in [0.1, 0.15) is 59.1 Å². The molecule has 3 aromatic rings. The van der Waals surface area contributed by atoms with Gasteiger partial charge in [-0.25, -0.2) is 14.5 Å². The van der Waals surface area contributed by atoms with Gasteiger partial charge in [0.25, 0.3) is 11.6 Å². The molecule has 1 atom stereocenters. The minimum atomic E-state index is -0.931. The Bertz CT molecular complexity index is 1800. The van der Waals surface area contributed by atoms with Gasteiger partial charge in [-0.05, 0) is 83.4 Å². The van der Waals surface area contributed by atoms with E-state index in [1.54, 1.807) is 88.9 Å². The molecule has 0 aliphatic carbocycles. The Morgan fingerprint density at radius 3 is 2.27 bits per heavy atom. The van der Waals surface area contributed by atoms with Gasteiger partial charge < -0.3 is 34.3 Å². The lowest BCUT2D eigenvalue weighted by atomic mass is 10.1. The van der Waals surface area contributed by atoms with Crippen molar-refractivity contribution in [3.05, 3.63) is 88.0 Å². The summed E-state index contributed by atoms with van der Waals surface area (Å²) in [5.74, 6) is 0.860. The van der Waals surface area contributed by atoms with Gasteiger partial charge in [0.2, 0.25) is 5.96 Å². The second-order valence-corrected chi connectivity index (χ2v) is 13.9. The van der Waals surface area contributed by atoms with Crippen LogP contribution >= 0.6 is 0 Å². The third-order valence-electron chi connectivity index (χ3n) is 7.42. The number of amides is 3. The van der Waals surface area contributed by atoms with Gasteiger partial charge in [-0.15, -0.1) is 4.99 Å². The SMILES string of the molecule is COc1ccc2c(c1)OC(CCOc1ccc(CCN(C(=O)OC(C)(C)C)C(N)=NC(=O)OC(C)(C)C)cc1)C(=O)N2Cc1cccc([N+](=O)[O-])c1. The number of nitrogens with zero attached hydrogens (tertiary/aromatic N) is 4. The lowest BCUT2D eigenvalue weighted by Crippen LogP contribution is -2.46. The second kappa shape index (κ2) is 16.4. The highest BCUT2D eigenvalue weighted by molar-refractivity contribution is 6.00. The van der Waals surface area contributed by atoms with Crippen LogP contribution in [0.3, 0.4) is 0 Å². The van der Waals surface area contributed by atoms with Crippen LogP contribution in [-0.4, -0.2) is 71.4 Å². The first-order valence-corrected chi connectivity index (χ1v) is 16.6. The highest BCUT2D eigenvalue weighted by Crippen LogP contribution is 2.38. The molecule has 0 spiro atoms. The molecular formula is C37H45N5O10. The largest absolute Gasteiger partial charge is 0.497 e. The van der Waals surface area contributed by atoms with E-state index in [2.05, 4.69) is 4.99 Å². The zero-order valence-electron chi connectivity index (χ0n) is 30.4. The third-order valence-corrected chi connectivity index (χ3v) is 7.42. The van der Waals surface area contributed by atoms with Gasteiger partial charge >= 0.3 is 12.2 Å². The average Bonchev–Trinajstić information content (AvgIpc) is 3.05. The molecule has 0 fully saturated rings. The van der Waals surface area contributed by atoms with E-state index in [1.165, 1.54) is 19.2 Å². The van der Waals surface area contributed by atoms with E-state index in [0.29, 0.717) is 34.9 Å². The van der Waals surface area contributed by atoms with Gasteiger partial charge in [0, 0.05) is 31.2 Å². The number of carbonyl (C=O) groups excluding carboxylic acids is 3. The van der Waals surface area contributed by atoms with Crippen molar-refractivity contribution in [2.75, 3.05) is 25.2 Å². The number of fused-ring (bicyclic) bond motifs is 1. The van der Waals surface area contributed by atoms with E-state index in [0.717, 1.165) is 10.5 Å². The third kappa shape index (κ3) is 11.1. The first-order valence-electron chi connectivity index (χ1n) is 16.6. The van der Waals surface area contributed by atoms with E-state index in [4.69, 9.17) is 29.4 Å². The summed E-state index contributed by atoms with van der Waals surface area (Å²) in [6.07, 6.45) is -2.02. The van der Waals surface area contributed by atoms with E-state index in [9.17, 15) is 24.5 Å². The molecule has 1 aliphatic heterocycles. The van der Waals surface area contributed by atoms with Crippen molar-refractivity contribution in [3.8, 4) is 17.2 Å². The van der Waals surface area contributed by atoms with Crippen LogP contribution in [0.5, 0.6) is 17.2 Å². The number of rotatable bonds is 11. The second-order valence-electron chi connectivity index (χ2n) is 13.9. The van der Waals surface area contributed by atoms with Crippen molar-refractivity contribution in [1.29, 1.82) is 0 Å². The summed E-state index contributed by atoms with van der Waals surface area (Å²) in [5, 5.41) is 11.3. The topological polar surface area (TPSA) is 185 Å². The minimum Gasteiger partial charge on any atom is -0.497 e. The zero-order valence-corrected chi connectivity index (χ0v) is 30.4. The van der Waals surface area contributed by atoms with Crippen molar-refractivity contribution >= 4 is 35.4 Å². The molecule has 0 radical (unpaired) electrons. The number of hydrogen-bond donors (Lipinski definition) is 1. The van der Waals surface area contributed by atoms with Crippen LogP contribution in [0.4, 0.5) is 21.0 Å². The number of non-ortho nitro benzene ring substituents is 1. The molecule has 1 aliphatic rings. The number of carbonyl (C=O) groups is 3. The van der Waals surface area contributed by atoms with Crippen molar-refractivity contribution in [2.45, 2.75) is 78.2 Å². The fraction of sp³-hybridized carbons (Fsp3) is 0.405. The highest BCUT2D eigenvalue weighted by Gasteiger charge is 2.35. The van der Waals surface area contributed by atoms with Crippen molar-refractivity contribution in [1.82, 2.24) is 4.90 Å². The van der Waals surface area contributed by atoms with Gasteiger partial charge in [-0.1, -0.05) is 24.3 Å². The lowest BCUT2D eigenvalue weighted by molar-refractivity contribution is -0.384. The van der Waals surface area contributed by atoms with Crippen LogP contribution in [-0.2, 0) is 27.2 Å². The molecule has 15 nitrogen and oxygen atoms in total. The zero-order chi connectivity index (χ0) is 38.2. The summed E-state index contributed by atoms with van der Waals surface area (Å²) in [7, 11) is 1.53. The minimum absolute atomic E-state index is 0.0630. The Morgan fingerprint density at radius 2 is 1.63 bits per heavy atom. The highest BCUT2D eigenvalue weighted by atomic mass is 16.6. The summed E-state index contributed by atoms with van der Waals surface area (Å²) in [6.45, 7) is 10.5.